The number of carbonyl (C=O) groups excluding carboxylic acids is 2. The summed E-state index contributed by atoms with van der Waals surface area (Å²) in [6.45, 7) is 6.36. The van der Waals surface area contributed by atoms with Crippen LogP contribution in [0, 0.1) is 35.0 Å². The van der Waals surface area contributed by atoms with E-state index in [1.54, 1.807) is 0 Å². The zero-order valence-corrected chi connectivity index (χ0v) is 24.6. The monoisotopic (exact) mass is 558 g/mol. The summed E-state index contributed by atoms with van der Waals surface area (Å²) in [4.78, 5) is 27.6. The molecule has 1 aromatic rings. The molecule has 1 aliphatic heterocycles. The number of halogens is 2. The number of alkyl halides is 2. The van der Waals surface area contributed by atoms with Crippen molar-refractivity contribution in [1.82, 2.24) is 5.32 Å². The summed E-state index contributed by atoms with van der Waals surface area (Å²) in [6, 6.07) is 8.30. The van der Waals surface area contributed by atoms with Crippen LogP contribution in [0.2, 0.25) is 0 Å². The third kappa shape index (κ3) is 5.42. The van der Waals surface area contributed by atoms with E-state index < -0.39 is 0 Å². The van der Waals surface area contributed by atoms with Crippen LogP contribution in [0.5, 0.6) is 0 Å². The van der Waals surface area contributed by atoms with Crippen LogP contribution in [0.1, 0.15) is 77.2 Å². The molecule has 4 aliphatic rings. The minimum atomic E-state index is -0.0115. The van der Waals surface area contributed by atoms with Gasteiger partial charge in [-0.05, 0) is 111 Å². The lowest BCUT2D eigenvalue weighted by molar-refractivity contribution is -0.141. The Labute approximate surface area is 238 Å². The molecular formula is C32H44Cl2N2O2. The Hall–Kier alpha value is -1.52. The van der Waals surface area contributed by atoms with E-state index in [1.807, 2.05) is 12.2 Å². The molecule has 1 unspecified atom stereocenters. The predicted molar refractivity (Wildman–Crippen MR) is 158 cm³/mol. The van der Waals surface area contributed by atoms with Crippen molar-refractivity contribution in [2.45, 2.75) is 77.2 Å². The highest BCUT2D eigenvalue weighted by atomic mass is 35.5. The Morgan fingerprint density at radius 3 is 2.45 bits per heavy atom. The number of fused-ring (bicyclic) bond motifs is 5. The van der Waals surface area contributed by atoms with Crippen LogP contribution in [0.25, 0.3) is 6.08 Å². The molecule has 3 saturated carbocycles. The van der Waals surface area contributed by atoms with E-state index in [0.29, 0.717) is 35.4 Å². The second kappa shape index (κ2) is 11.5. The molecule has 4 nitrogen and oxygen atoms in total. The van der Waals surface area contributed by atoms with Crippen LogP contribution in [-0.2, 0) is 9.59 Å². The first-order valence-electron chi connectivity index (χ1n) is 14.8. The molecular weight excluding hydrogens is 515 g/mol. The second-order valence-corrected chi connectivity index (χ2v) is 13.6. The zero-order valence-electron chi connectivity index (χ0n) is 23.1. The average Bonchev–Trinajstić information content (AvgIpc) is 2.90. The molecule has 0 aromatic heterocycles. The number of allylic oxidation sites excluding steroid dienone is 1. The van der Waals surface area contributed by atoms with Crippen molar-refractivity contribution < 1.29 is 9.59 Å². The number of carbonyl (C=O) groups is 2. The van der Waals surface area contributed by atoms with Crippen molar-refractivity contribution in [3.63, 3.8) is 0 Å². The van der Waals surface area contributed by atoms with Gasteiger partial charge in [-0.2, -0.15) is 0 Å². The summed E-state index contributed by atoms with van der Waals surface area (Å²) < 4.78 is 0. The molecule has 0 spiro atoms. The Balaban J connectivity index is 1.20. The Kier molecular flexibility index (Phi) is 8.50. The topological polar surface area (TPSA) is 49.4 Å². The Morgan fingerprint density at radius 2 is 1.74 bits per heavy atom. The molecule has 4 fully saturated rings. The van der Waals surface area contributed by atoms with Crippen molar-refractivity contribution in [3.05, 3.63) is 35.9 Å². The van der Waals surface area contributed by atoms with Gasteiger partial charge in [0.05, 0.1) is 0 Å². The number of piperidine rings is 1. The molecule has 3 aliphatic carbocycles. The van der Waals surface area contributed by atoms with Gasteiger partial charge in [0.1, 0.15) is 0 Å². The first-order chi connectivity index (χ1) is 18.3. The fraction of sp³-hybridized carbons (Fsp3) is 0.688. The summed E-state index contributed by atoms with van der Waals surface area (Å²) in [5.74, 6) is 4.50. The molecule has 6 heteroatoms. The lowest BCUT2D eigenvalue weighted by Crippen LogP contribution is -2.63. The van der Waals surface area contributed by atoms with Gasteiger partial charge in [0.25, 0.3) is 0 Å². The van der Waals surface area contributed by atoms with Crippen LogP contribution >= 0.6 is 23.2 Å². The Bertz CT molecular complexity index is 1040. The highest BCUT2D eigenvalue weighted by Gasteiger charge is 2.58. The van der Waals surface area contributed by atoms with Gasteiger partial charge in [0.15, 0.2) is 5.78 Å². The summed E-state index contributed by atoms with van der Waals surface area (Å²) in [5.41, 5.74) is 2.47. The van der Waals surface area contributed by atoms with Crippen LogP contribution in [0.3, 0.4) is 0 Å². The fourth-order valence-corrected chi connectivity index (χ4v) is 9.28. The number of ketones is 1. The summed E-state index contributed by atoms with van der Waals surface area (Å²) in [5, 5.41) is 3.38. The fourth-order valence-electron chi connectivity index (χ4n) is 8.88. The SMILES string of the molecule is CC12CC[C@H]3[C@@H](CC[C@H]4C[C@@H](C(=O)/C=C/c5ccc(N(CCCl)CCCl)cc5)CC[C@@]43C)[C@@H]1CCC(=O)N2. The molecule has 1 N–H and O–H groups in total. The van der Waals surface area contributed by atoms with Gasteiger partial charge in [-0.3, -0.25) is 9.59 Å². The molecule has 0 radical (unpaired) electrons. The summed E-state index contributed by atoms with van der Waals surface area (Å²) in [6.07, 6.45) is 13.5. The molecule has 5 rings (SSSR count). The number of rotatable bonds is 8. The molecule has 38 heavy (non-hydrogen) atoms. The average molecular weight is 560 g/mol. The Morgan fingerprint density at radius 1 is 1.00 bits per heavy atom. The van der Waals surface area contributed by atoms with Crippen molar-refractivity contribution in [2.75, 3.05) is 29.7 Å². The van der Waals surface area contributed by atoms with Gasteiger partial charge >= 0.3 is 0 Å². The van der Waals surface area contributed by atoms with Gasteiger partial charge in [0.2, 0.25) is 5.91 Å². The highest BCUT2D eigenvalue weighted by Crippen LogP contribution is 2.63. The predicted octanol–water partition coefficient (Wildman–Crippen LogP) is 7.08. The van der Waals surface area contributed by atoms with E-state index in [9.17, 15) is 9.59 Å². The number of benzene rings is 1. The first-order valence-corrected chi connectivity index (χ1v) is 15.8. The van der Waals surface area contributed by atoms with Crippen LogP contribution < -0.4 is 10.2 Å². The number of amides is 1. The van der Waals surface area contributed by atoms with Crippen molar-refractivity contribution in [1.29, 1.82) is 0 Å². The van der Waals surface area contributed by atoms with Gasteiger partial charge in [0, 0.05) is 48.4 Å². The van der Waals surface area contributed by atoms with E-state index in [-0.39, 0.29) is 23.1 Å². The summed E-state index contributed by atoms with van der Waals surface area (Å²) in [7, 11) is 0. The van der Waals surface area contributed by atoms with E-state index in [0.717, 1.165) is 68.3 Å². The lowest BCUT2D eigenvalue weighted by Gasteiger charge is -2.62. The minimum absolute atomic E-state index is 0.0115. The zero-order chi connectivity index (χ0) is 26.9. The third-order valence-electron chi connectivity index (χ3n) is 11.0. The number of nitrogens with one attached hydrogen (secondary N) is 1. The second-order valence-electron chi connectivity index (χ2n) is 12.9. The maximum atomic E-state index is 13.3. The van der Waals surface area contributed by atoms with E-state index >= 15 is 0 Å². The molecule has 0 bridgehead atoms. The van der Waals surface area contributed by atoms with Crippen LogP contribution in [0.15, 0.2) is 30.3 Å². The van der Waals surface area contributed by atoms with E-state index in [1.165, 1.54) is 19.3 Å². The van der Waals surface area contributed by atoms with Crippen LogP contribution in [-0.4, -0.2) is 42.1 Å². The molecule has 1 saturated heterocycles. The first kappa shape index (κ1) is 28.0. The number of hydrogen-bond acceptors (Lipinski definition) is 3. The number of hydrogen-bond donors (Lipinski definition) is 1. The van der Waals surface area contributed by atoms with Gasteiger partial charge in [-0.1, -0.05) is 25.1 Å². The molecule has 1 aromatic carbocycles. The standard InChI is InChI=1S/C32H44Cl2N2O2/c1-31-15-13-23(29(37)11-5-22-3-7-25(8-4-22)36(19-17-33)20-18-34)21-24(31)6-9-26-27(31)14-16-32(2)28(26)10-12-30(38)35-32/h3-5,7-8,11,23-24,26-28H,6,9-10,12-21H2,1-2H3,(H,35,38)/b11-5+/t23-,24-,26+,27-,28-,31-,32?/m0/s1. The van der Waals surface area contributed by atoms with Crippen molar-refractivity contribution >= 4 is 46.7 Å². The maximum Gasteiger partial charge on any atom is 0.220 e. The molecule has 1 heterocycles. The van der Waals surface area contributed by atoms with E-state index in [4.69, 9.17) is 23.2 Å². The van der Waals surface area contributed by atoms with E-state index in [2.05, 4.69) is 48.3 Å². The minimum Gasteiger partial charge on any atom is -0.369 e. The molecule has 7 atom stereocenters. The van der Waals surface area contributed by atoms with Gasteiger partial charge < -0.3 is 10.2 Å². The molecule has 1 amide bonds. The summed E-state index contributed by atoms with van der Waals surface area (Å²) >= 11 is 11.9. The van der Waals surface area contributed by atoms with Crippen LogP contribution in [0.4, 0.5) is 5.69 Å². The quantitative estimate of drug-likeness (QED) is 0.274. The molecule has 208 valence electrons. The van der Waals surface area contributed by atoms with Crippen molar-refractivity contribution in [2.24, 2.45) is 35.0 Å². The normalized spacial score (nSPS) is 36.6. The lowest BCUT2D eigenvalue weighted by atomic mass is 9.44. The van der Waals surface area contributed by atoms with Gasteiger partial charge in [-0.15, -0.1) is 23.2 Å². The highest BCUT2D eigenvalue weighted by molar-refractivity contribution is 6.18. The number of nitrogens with zero attached hydrogens (tertiary/aromatic N) is 1. The maximum absolute atomic E-state index is 13.3. The number of anilines is 1. The third-order valence-corrected chi connectivity index (χ3v) is 11.3. The van der Waals surface area contributed by atoms with Crippen molar-refractivity contribution in [3.8, 4) is 0 Å². The smallest absolute Gasteiger partial charge is 0.220 e. The van der Waals surface area contributed by atoms with Gasteiger partial charge in [-0.25, -0.2) is 0 Å². The largest absolute Gasteiger partial charge is 0.369 e.